The lowest BCUT2D eigenvalue weighted by Crippen LogP contribution is -2.44. The van der Waals surface area contributed by atoms with Crippen LogP contribution >= 0.6 is 0 Å². The number of amides is 1. The summed E-state index contributed by atoms with van der Waals surface area (Å²) < 4.78 is 5.63. The summed E-state index contributed by atoms with van der Waals surface area (Å²) in [4.78, 5) is 16.1. The van der Waals surface area contributed by atoms with Crippen LogP contribution in [0.5, 0.6) is 0 Å². The van der Waals surface area contributed by atoms with Crippen molar-refractivity contribution in [3.05, 3.63) is 0 Å². The number of likely N-dealkylation sites (tertiary alicyclic amines) is 1. The summed E-state index contributed by atoms with van der Waals surface area (Å²) in [6.07, 6.45) is 4.72. The van der Waals surface area contributed by atoms with Crippen LogP contribution in [0.3, 0.4) is 0 Å². The molecule has 0 unspecified atom stereocenters. The number of piperidine rings is 1. The minimum atomic E-state index is 0.263. The third kappa shape index (κ3) is 3.93. The molecule has 2 rings (SSSR count). The molecular weight excluding hydrogens is 230 g/mol. The predicted molar refractivity (Wildman–Crippen MR) is 70.3 cm³/mol. The predicted octanol–water partition coefficient (Wildman–Crippen LogP) is 0.0469. The Morgan fingerprint density at radius 3 is 2.56 bits per heavy atom. The smallest absolute Gasteiger partial charge is 0.236 e. The summed E-state index contributed by atoms with van der Waals surface area (Å²) in [5.41, 5.74) is 5.42. The highest BCUT2D eigenvalue weighted by molar-refractivity contribution is 5.78. The number of ether oxygens (including phenoxy) is 1. The normalized spacial score (nSPS) is 22.1. The SMILES string of the molecule is CN(C(=O)CN1CCC(OCCN)CC1)C1CC1. The van der Waals surface area contributed by atoms with E-state index in [9.17, 15) is 4.79 Å². The van der Waals surface area contributed by atoms with Crippen LogP contribution in [0, 0.1) is 0 Å². The van der Waals surface area contributed by atoms with Gasteiger partial charge in [-0.05, 0) is 25.7 Å². The molecular formula is C13H25N3O2. The van der Waals surface area contributed by atoms with E-state index in [1.54, 1.807) is 0 Å². The second-order valence-corrected chi connectivity index (χ2v) is 5.37. The van der Waals surface area contributed by atoms with Gasteiger partial charge in [-0.15, -0.1) is 0 Å². The molecule has 0 aromatic rings. The number of likely N-dealkylation sites (N-methyl/N-ethyl adjacent to an activating group) is 1. The van der Waals surface area contributed by atoms with Gasteiger partial charge in [0.1, 0.15) is 0 Å². The Labute approximate surface area is 109 Å². The third-order valence-electron chi connectivity index (χ3n) is 3.85. The molecule has 1 amide bonds. The van der Waals surface area contributed by atoms with Crippen molar-refractivity contribution in [2.24, 2.45) is 5.73 Å². The maximum absolute atomic E-state index is 12.0. The molecule has 1 aliphatic heterocycles. The number of carbonyl (C=O) groups excluding carboxylic acids is 1. The van der Waals surface area contributed by atoms with E-state index in [0.29, 0.717) is 31.8 Å². The van der Waals surface area contributed by atoms with Gasteiger partial charge < -0.3 is 15.4 Å². The molecule has 2 N–H and O–H groups in total. The highest BCUT2D eigenvalue weighted by Crippen LogP contribution is 2.25. The Kier molecular flexibility index (Phi) is 4.97. The number of hydrogen-bond donors (Lipinski definition) is 1. The van der Waals surface area contributed by atoms with E-state index in [0.717, 1.165) is 25.9 Å². The molecule has 1 saturated carbocycles. The first kappa shape index (κ1) is 13.8. The summed E-state index contributed by atoms with van der Waals surface area (Å²) in [5, 5.41) is 0. The van der Waals surface area contributed by atoms with Crippen molar-refractivity contribution in [2.45, 2.75) is 37.8 Å². The van der Waals surface area contributed by atoms with Crippen LogP contribution in [0.4, 0.5) is 0 Å². The van der Waals surface area contributed by atoms with Gasteiger partial charge >= 0.3 is 0 Å². The van der Waals surface area contributed by atoms with Crippen molar-refractivity contribution < 1.29 is 9.53 Å². The van der Waals surface area contributed by atoms with Gasteiger partial charge in [0.2, 0.25) is 5.91 Å². The summed E-state index contributed by atoms with van der Waals surface area (Å²) >= 11 is 0. The second kappa shape index (κ2) is 6.50. The van der Waals surface area contributed by atoms with Crippen LogP contribution < -0.4 is 5.73 Å². The van der Waals surface area contributed by atoms with Crippen molar-refractivity contribution in [1.29, 1.82) is 0 Å². The second-order valence-electron chi connectivity index (χ2n) is 5.37. The lowest BCUT2D eigenvalue weighted by Gasteiger charge is -2.32. The molecule has 18 heavy (non-hydrogen) atoms. The molecule has 2 fully saturated rings. The van der Waals surface area contributed by atoms with Gasteiger partial charge in [0.15, 0.2) is 0 Å². The lowest BCUT2D eigenvalue weighted by molar-refractivity contribution is -0.132. The average molecular weight is 255 g/mol. The molecule has 1 saturated heterocycles. The van der Waals surface area contributed by atoms with Crippen molar-refractivity contribution in [1.82, 2.24) is 9.80 Å². The van der Waals surface area contributed by atoms with Gasteiger partial charge in [-0.2, -0.15) is 0 Å². The van der Waals surface area contributed by atoms with Crippen LogP contribution in [0.2, 0.25) is 0 Å². The third-order valence-corrected chi connectivity index (χ3v) is 3.85. The quantitative estimate of drug-likeness (QED) is 0.728. The lowest BCUT2D eigenvalue weighted by atomic mass is 10.1. The summed E-state index contributed by atoms with van der Waals surface area (Å²) in [5.74, 6) is 0.263. The molecule has 2 aliphatic rings. The molecule has 1 heterocycles. The van der Waals surface area contributed by atoms with Crippen molar-refractivity contribution in [3.63, 3.8) is 0 Å². The number of rotatable bonds is 6. The molecule has 0 spiro atoms. The van der Waals surface area contributed by atoms with Gasteiger partial charge in [0.05, 0.1) is 19.3 Å². The van der Waals surface area contributed by atoms with Gasteiger partial charge in [-0.25, -0.2) is 0 Å². The molecule has 1 aliphatic carbocycles. The number of carbonyl (C=O) groups is 1. The molecule has 0 atom stereocenters. The molecule has 0 bridgehead atoms. The van der Waals surface area contributed by atoms with E-state index in [1.807, 2.05) is 11.9 Å². The van der Waals surface area contributed by atoms with Crippen molar-refractivity contribution >= 4 is 5.91 Å². The van der Waals surface area contributed by atoms with Crippen LogP contribution in [-0.4, -0.2) is 67.7 Å². The fourth-order valence-electron chi connectivity index (χ4n) is 2.44. The Balaban J connectivity index is 1.65. The molecule has 5 heteroatoms. The zero-order chi connectivity index (χ0) is 13.0. The summed E-state index contributed by atoms with van der Waals surface area (Å²) in [6.45, 7) is 3.72. The number of hydrogen-bond acceptors (Lipinski definition) is 4. The molecule has 0 aromatic carbocycles. The molecule has 0 aromatic heterocycles. The minimum Gasteiger partial charge on any atom is -0.377 e. The van der Waals surface area contributed by atoms with Crippen molar-refractivity contribution in [2.75, 3.05) is 39.8 Å². The molecule has 0 radical (unpaired) electrons. The van der Waals surface area contributed by atoms with E-state index in [1.165, 1.54) is 12.8 Å². The number of nitrogens with zero attached hydrogens (tertiary/aromatic N) is 2. The van der Waals surface area contributed by atoms with Crippen molar-refractivity contribution in [3.8, 4) is 0 Å². The minimum absolute atomic E-state index is 0.263. The van der Waals surface area contributed by atoms with Crippen LogP contribution in [-0.2, 0) is 9.53 Å². The van der Waals surface area contributed by atoms with E-state index in [-0.39, 0.29) is 5.91 Å². The van der Waals surface area contributed by atoms with Crippen LogP contribution in [0.15, 0.2) is 0 Å². The van der Waals surface area contributed by atoms with Gasteiger partial charge in [-0.3, -0.25) is 9.69 Å². The largest absolute Gasteiger partial charge is 0.377 e. The first-order valence-electron chi connectivity index (χ1n) is 7.00. The topological polar surface area (TPSA) is 58.8 Å². The van der Waals surface area contributed by atoms with E-state index in [2.05, 4.69) is 4.90 Å². The van der Waals surface area contributed by atoms with E-state index in [4.69, 9.17) is 10.5 Å². The summed E-state index contributed by atoms with van der Waals surface area (Å²) in [6, 6.07) is 0.517. The first-order valence-corrected chi connectivity index (χ1v) is 7.00. The van der Waals surface area contributed by atoms with Crippen LogP contribution in [0.25, 0.3) is 0 Å². The van der Waals surface area contributed by atoms with Gasteiger partial charge in [-0.1, -0.05) is 0 Å². The Bertz CT molecular complexity index is 273. The van der Waals surface area contributed by atoms with Gasteiger partial charge in [0, 0.05) is 32.7 Å². The maximum Gasteiger partial charge on any atom is 0.236 e. The monoisotopic (exact) mass is 255 g/mol. The van der Waals surface area contributed by atoms with Crippen LogP contribution in [0.1, 0.15) is 25.7 Å². The fourth-order valence-corrected chi connectivity index (χ4v) is 2.44. The van der Waals surface area contributed by atoms with Gasteiger partial charge in [0.25, 0.3) is 0 Å². The Hall–Kier alpha value is -0.650. The standard InChI is InChI=1S/C13H25N3O2/c1-15(11-2-3-11)13(17)10-16-7-4-12(5-8-16)18-9-6-14/h11-12H,2-10,14H2,1H3. The van der Waals surface area contributed by atoms with E-state index >= 15 is 0 Å². The number of nitrogens with two attached hydrogens (primary N) is 1. The summed E-state index contributed by atoms with van der Waals surface area (Å²) in [7, 11) is 1.93. The highest BCUT2D eigenvalue weighted by Gasteiger charge is 2.30. The fraction of sp³-hybridized carbons (Fsp3) is 0.923. The zero-order valence-corrected chi connectivity index (χ0v) is 11.3. The zero-order valence-electron chi connectivity index (χ0n) is 11.3. The highest BCUT2D eigenvalue weighted by atomic mass is 16.5. The maximum atomic E-state index is 12.0. The van der Waals surface area contributed by atoms with E-state index < -0.39 is 0 Å². The molecule has 104 valence electrons. The Morgan fingerprint density at radius 2 is 2.00 bits per heavy atom. The first-order chi connectivity index (χ1) is 8.70. The molecule has 5 nitrogen and oxygen atoms in total. The Morgan fingerprint density at radius 1 is 1.33 bits per heavy atom. The average Bonchev–Trinajstić information content (AvgIpc) is 3.21.